The molecule has 1 unspecified atom stereocenters. The van der Waals surface area contributed by atoms with Gasteiger partial charge in [-0.05, 0) is 74.9 Å². The van der Waals surface area contributed by atoms with Crippen molar-refractivity contribution in [1.82, 2.24) is 9.13 Å². The molecule has 0 bridgehead atoms. The van der Waals surface area contributed by atoms with Gasteiger partial charge in [-0.1, -0.05) is 76.6 Å². The fourth-order valence-corrected chi connectivity index (χ4v) is 5.75. The number of alkyl halides is 3. The van der Waals surface area contributed by atoms with E-state index >= 15 is 0 Å². The molecule has 0 aliphatic carbocycles. The van der Waals surface area contributed by atoms with Crippen LogP contribution >= 0.6 is 0 Å². The molecule has 0 spiro atoms. The Kier molecular flexibility index (Phi) is 17.0. The van der Waals surface area contributed by atoms with Crippen LogP contribution in [0.2, 0.25) is 0 Å². The van der Waals surface area contributed by atoms with E-state index in [9.17, 15) is 31.9 Å². The van der Waals surface area contributed by atoms with Crippen LogP contribution in [0.5, 0.6) is 5.75 Å². The van der Waals surface area contributed by atoms with Gasteiger partial charge < -0.3 is 15.2 Å². The van der Waals surface area contributed by atoms with E-state index in [1.165, 1.54) is 13.3 Å². The zero-order chi connectivity index (χ0) is 39.2. The summed E-state index contributed by atoms with van der Waals surface area (Å²) in [5.74, 6) is -0.394. The second-order valence-electron chi connectivity index (χ2n) is 12.3. The lowest BCUT2D eigenvalue weighted by Gasteiger charge is -2.22. The van der Waals surface area contributed by atoms with Crippen LogP contribution in [0.15, 0.2) is 70.3 Å². The number of ether oxygens (including phenoxy) is 2. The summed E-state index contributed by atoms with van der Waals surface area (Å²) < 4.78 is 68.6. The minimum absolute atomic E-state index is 0.125. The van der Waals surface area contributed by atoms with Gasteiger partial charge >= 0.3 is 11.9 Å². The predicted molar refractivity (Wildman–Crippen MR) is 197 cm³/mol. The lowest BCUT2D eigenvalue weighted by atomic mass is 9.91. The van der Waals surface area contributed by atoms with Crippen LogP contribution < -0.4 is 21.7 Å². The molecular formula is C40H51F4N3O5. The van der Waals surface area contributed by atoms with Crippen LogP contribution in [0.4, 0.5) is 17.6 Å². The molecule has 0 aliphatic rings. The molecule has 52 heavy (non-hydrogen) atoms. The highest BCUT2D eigenvalue weighted by Gasteiger charge is 2.35. The van der Waals surface area contributed by atoms with E-state index in [1.54, 1.807) is 37.3 Å². The molecule has 1 atom stereocenters. The quantitative estimate of drug-likeness (QED) is 0.116. The predicted octanol–water partition coefficient (Wildman–Crippen LogP) is 8.71. The first-order valence-electron chi connectivity index (χ1n) is 17.4. The minimum atomic E-state index is -4.85. The molecule has 4 aromatic rings. The van der Waals surface area contributed by atoms with E-state index in [4.69, 9.17) is 10.5 Å². The van der Waals surface area contributed by atoms with Gasteiger partial charge in [0.1, 0.15) is 11.6 Å². The summed E-state index contributed by atoms with van der Waals surface area (Å²) in [6.45, 7) is 15.7. The Morgan fingerprint density at radius 1 is 0.865 bits per heavy atom. The van der Waals surface area contributed by atoms with Crippen LogP contribution in [0.1, 0.15) is 99.9 Å². The fraction of sp³-hybridized carbons (Fsp3) is 0.425. The molecule has 284 valence electrons. The van der Waals surface area contributed by atoms with Crippen LogP contribution in [0.3, 0.4) is 0 Å². The van der Waals surface area contributed by atoms with Gasteiger partial charge in [0.25, 0.3) is 12.0 Å². The molecule has 1 heterocycles. The summed E-state index contributed by atoms with van der Waals surface area (Å²) in [6.07, 6.45) is -3.45. The Balaban J connectivity index is 0.00000106. The average Bonchev–Trinajstić information content (AvgIpc) is 3.08. The normalized spacial score (nSPS) is 11.6. The molecule has 2 N–H and O–H groups in total. The Hall–Kier alpha value is -4.71. The van der Waals surface area contributed by atoms with Gasteiger partial charge in [-0.3, -0.25) is 18.7 Å². The van der Waals surface area contributed by atoms with Gasteiger partial charge in [0, 0.05) is 29.4 Å². The largest absolute Gasteiger partial charge is 0.494 e. The highest BCUT2D eigenvalue weighted by Crippen LogP contribution is 2.34. The number of hydrogen-bond donors (Lipinski definition) is 1. The SMILES string of the molecule is CCC.CCOC=O.CCOc1ccccc1C(N)CCn1c(=O)c(-c2cccc(C(C)C)c2C)c(C)n(Cc2c(F)cccc2C(F)(F)F)c1=O. The van der Waals surface area contributed by atoms with E-state index in [0.29, 0.717) is 36.6 Å². The third-order valence-electron chi connectivity index (χ3n) is 8.21. The van der Waals surface area contributed by atoms with Crippen molar-refractivity contribution in [3.8, 4) is 16.9 Å². The first kappa shape index (κ1) is 43.5. The number of rotatable bonds is 12. The number of carbonyl (C=O) groups is 1. The van der Waals surface area contributed by atoms with Crippen molar-refractivity contribution in [3.05, 3.63) is 121 Å². The molecule has 0 saturated heterocycles. The lowest BCUT2D eigenvalue weighted by Crippen LogP contribution is -2.43. The first-order valence-corrected chi connectivity index (χ1v) is 17.4. The molecule has 0 aliphatic heterocycles. The second-order valence-corrected chi connectivity index (χ2v) is 12.3. The van der Waals surface area contributed by atoms with E-state index in [1.807, 2.05) is 39.8 Å². The third kappa shape index (κ3) is 10.9. The molecule has 0 amide bonds. The van der Waals surface area contributed by atoms with Crippen molar-refractivity contribution in [3.63, 3.8) is 0 Å². The van der Waals surface area contributed by atoms with Crippen molar-refractivity contribution >= 4 is 6.47 Å². The Morgan fingerprint density at radius 3 is 2.04 bits per heavy atom. The monoisotopic (exact) mass is 729 g/mol. The van der Waals surface area contributed by atoms with Crippen molar-refractivity contribution in [1.29, 1.82) is 0 Å². The maximum Gasteiger partial charge on any atom is 0.416 e. The van der Waals surface area contributed by atoms with Gasteiger partial charge in [0.05, 0.1) is 30.9 Å². The molecule has 4 rings (SSSR count). The first-order chi connectivity index (χ1) is 24.6. The van der Waals surface area contributed by atoms with Gasteiger partial charge in [-0.25, -0.2) is 9.18 Å². The van der Waals surface area contributed by atoms with Crippen molar-refractivity contribution in [2.24, 2.45) is 5.73 Å². The zero-order valence-corrected chi connectivity index (χ0v) is 31.3. The van der Waals surface area contributed by atoms with E-state index in [0.717, 1.165) is 38.5 Å². The average molecular weight is 730 g/mol. The van der Waals surface area contributed by atoms with Gasteiger partial charge in [0.2, 0.25) is 0 Å². The molecule has 0 saturated carbocycles. The summed E-state index contributed by atoms with van der Waals surface area (Å²) in [5.41, 5.74) is 6.53. The summed E-state index contributed by atoms with van der Waals surface area (Å²) in [4.78, 5) is 37.2. The van der Waals surface area contributed by atoms with Crippen molar-refractivity contribution in [2.45, 2.75) is 99.5 Å². The van der Waals surface area contributed by atoms with Gasteiger partial charge in [-0.2, -0.15) is 13.2 Å². The molecule has 0 radical (unpaired) electrons. The summed E-state index contributed by atoms with van der Waals surface area (Å²) in [6, 6.07) is 14.7. The van der Waals surface area contributed by atoms with Crippen molar-refractivity contribution < 1.29 is 31.8 Å². The Labute approximate surface area is 303 Å². The number of nitrogens with zero attached hydrogens (tertiary/aromatic N) is 2. The molecular weight excluding hydrogens is 678 g/mol. The highest BCUT2D eigenvalue weighted by atomic mass is 19.4. The summed E-state index contributed by atoms with van der Waals surface area (Å²) in [5, 5.41) is 0. The molecule has 0 fully saturated rings. The maximum atomic E-state index is 15.0. The van der Waals surface area contributed by atoms with Gasteiger partial charge in [-0.15, -0.1) is 0 Å². The summed E-state index contributed by atoms with van der Waals surface area (Å²) in [7, 11) is 0. The van der Waals surface area contributed by atoms with Crippen LogP contribution in [0.25, 0.3) is 11.1 Å². The van der Waals surface area contributed by atoms with Gasteiger partial charge in [0.15, 0.2) is 0 Å². The van der Waals surface area contributed by atoms with E-state index in [-0.39, 0.29) is 30.1 Å². The molecule has 12 heteroatoms. The van der Waals surface area contributed by atoms with E-state index in [2.05, 4.69) is 18.6 Å². The smallest absolute Gasteiger partial charge is 0.416 e. The topological polar surface area (TPSA) is 106 Å². The van der Waals surface area contributed by atoms with Crippen LogP contribution in [0, 0.1) is 19.7 Å². The lowest BCUT2D eigenvalue weighted by molar-refractivity contribution is -0.138. The van der Waals surface area contributed by atoms with Crippen LogP contribution in [-0.4, -0.2) is 28.8 Å². The fourth-order valence-electron chi connectivity index (χ4n) is 5.75. The maximum absolute atomic E-state index is 15.0. The standard InChI is InChI=1S/C34H37F4N3O3.C3H6O2.C3H8/c1-6-44-30-16-8-7-11-25(30)29(39)17-18-40-32(42)31(24-13-9-12-23(20(2)3)21(24)4)22(5)41(33(40)43)19-26-27(34(36,37)38)14-10-15-28(26)35;1-2-5-3-4;1-3-2/h7-16,20,29H,6,17-19,39H2,1-5H3;3H,2H2,1H3;3H2,1-2H3. The third-order valence-corrected chi connectivity index (χ3v) is 8.21. The number of benzene rings is 3. The number of para-hydroxylation sites is 1. The number of nitrogens with two attached hydrogens (primary N) is 1. The number of hydrogen-bond acceptors (Lipinski definition) is 6. The van der Waals surface area contributed by atoms with Crippen LogP contribution in [-0.2, 0) is 28.8 Å². The number of halogens is 4. The number of carbonyl (C=O) groups excluding carboxylic acids is 1. The minimum Gasteiger partial charge on any atom is -0.494 e. The number of aromatic nitrogens is 2. The molecule has 3 aromatic carbocycles. The zero-order valence-electron chi connectivity index (χ0n) is 31.3. The highest BCUT2D eigenvalue weighted by molar-refractivity contribution is 5.70. The van der Waals surface area contributed by atoms with Crippen molar-refractivity contribution in [2.75, 3.05) is 13.2 Å². The Bertz CT molecular complexity index is 1880. The second kappa shape index (κ2) is 20.4. The van der Waals surface area contributed by atoms with E-state index < -0.39 is 47.0 Å². The summed E-state index contributed by atoms with van der Waals surface area (Å²) >= 11 is 0. The molecule has 1 aromatic heterocycles. The molecule has 8 nitrogen and oxygen atoms in total. The Morgan fingerprint density at radius 2 is 1.48 bits per heavy atom.